The average Bonchev–Trinajstić information content (AvgIpc) is 2.44. The summed E-state index contributed by atoms with van der Waals surface area (Å²) in [6.07, 6.45) is -4.38. The lowest BCUT2D eigenvalue weighted by atomic mass is 10.2. The normalized spacial score (nSPS) is 11.8. The lowest BCUT2D eigenvalue weighted by molar-refractivity contribution is -0.141. The van der Waals surface area contributed by atoms with Gasteiger partial charge in [-0.1, -0.05) is 6.92 Å². The molecule has 84 valence electrons. The first-order valence-corrected chi connectivity index (χ1v) is 5.12. The van der Waals surface area contributed by atoms with Gasteiger partial charge in [0.2, 0.25) is 0 Å². The van der Waals surface area contributed by atoms with E-state index < -0.39 is 11.9 Å². The molecule has 1 heterocycles. The highest BCUT2D eigenvalue weighted by Gasteiger charge is 2.38. The Labute approximate surface area is 88.6 Å². The number of carbonyl (C=O) groups excluding carboxylic acids is 1. The maximum Gasteiger partial charge on any atom is 0.435 e. The van der Waals surface area contributed by atoms with Gasteiger partial charge in [-0.2, -0.15) is 18.3 Å². The highest BCUT2D eigenvalue weighted by molar-refractivity contribution is 7.99. The van der Waals surface area contributed by atoms with Crippen molar-refractivity contribution >= 4 is 18.0 Å². The minimum Gasteiger partial charge on any atom is -0.298 e. The number of nitrogens with zero attached hydrogens (tertiary/aromatic N) is 2. The summed E-state index contributed by atoms with van der Waals surface area (Å²) in [4.78, 5) is 10.6. The van der Waals surface area contributed by atoms with Crippen LogP contribution in [0.25, 0.3) is 0 Å². The van der Waals surface area contributed by atoms with Crippen molar-refractivity contribution in [3.63, 3.8) is 0 Å². The summed E-state index contributed by atoms with van der Waals surface area (Å²) < 4.78 is 38.4. The van der Waals surface area contributed by atoms with Crippen LogP contribution in [0, 0.1) is 0 Å². The standard InChI is InChI=1S/C8H9F3N2OS/c1-3-15-7-5(4-14)6(8(9,10)11)12-13(7)2/h4H,3H2,1-2H3. The molecule has 15 heavy (non-hydrogen) atoms. The highest BCUT2D eigenvalue weighted by Crippen LogP contribution is 2.34. The topological polar surface area (TPSA) is 34.9 Å². The van der Waals surface area contributed by atoms with Crippen LogP contribution in [0.3, 0.4) is 0 Å². The van der Waals surface area contributed by atoms with E-state index in [4.69, 9.17) is 0 Å². The molecular formula is C8H9F3N2OS. The molecule has 3 nitrogen and oxygen atoms in total. The van der Waals surface area contributed by atoms with E-state index in [1.807, 2.05) is 0 Å². The molecule has 0 spiro atoms. The minimum absolute atomic E-state index is 0.202. The Bertz CT molecular complexity index is 373. The van der Waals surface area contributed by atoms with Crippen LogP contribution in [0.1, 0.15) is 23.0 Å². The van der Waals surface area contributed by atoms with Gasteiger partial charge in [-0.3, -0.25) is 9.48 Å². The molecule has 0 amide bonds. The second-order valence-corrected chi connectivity index (χ2v) is 3.99. The first-order chi connectivity index (χ1) is 6.91. The van der Waals surface area contributed by atoms with Crippen LogP contribution in [-0.2, 0) is 13.2 Å². The Morgan fingerprint density at radius 3 is 2.53 bits per heavy atom. The van der Waals surface area contributed by atoms with Gasteiger partial charge >= 0.3 is 6.18 Å². The molecule has 0 aliphatic carbocycles. The molecule has 0 N–H and O–H groups in total. The Morgan fingerprint density at radius 1 is 1.53 bits per heavy atom. The third-order valence-corrected chi connectivity index (χ3v) is 2.74. The number of halogens is 3. The van der Waals surface area contributed by atoms with E-state index in [1.165, 1.54) is 7.05 Å². The van der Waals surface area contributed by atoms with E-state index in [-0.39, 0.29) is 16.9 Å². The van der Waals surface area contributed by atoms with Crippen LogP contribution in [0.2, 0.25) is 0 Å². The lowest BCUT2D eigenvalue weighted by Crippen LogP contribution is -2.09. The number of hydrogen-bond acceptors (Lipinski definition) is 3. The van der Waals surface area contributed by atoms with E-state index in [1.54, 1.807) is 6.92 Å². The van der Waals surface area contributed by atoms with Gasteiger partial charge in [-0.05, 0) is 5.75 Å². The summed E-state index contributed by atoms with van der Waals surface area (Å²) in [7, 11) is 1.39. The van der Waals surface area contributed by atoms with Gasteiger partial charge in [0.15, 0.2) is 12.0 Å². The molecule has 0 radical (unpaired) electrons. The van der Waals surface area contributed by atoms with Gasteiger partial charge in [-0.25, -0.2) is 0 Å². The molecule has 0 saturated carbocycles. The van der Waals surface area contributed by atoms with Crippen molar-refractivity contribution in [3.8, 4) is 0 Å². The fourth-order valence-corrected chi connectivity index (χ4v) is 1.95. The van der Waals surface area contributed by atoms with Gasteiger partial charge < -0.3 is 0 Å². The second kappa shape index (κ2) is 4.26. The fraction of sp³-hybridized carbons (Fsp3) is 0.500. The molecule has 0 fully saturated rings. The van der Waals surface area contributed by atoms with Gasteiger partial charge in [0, 0.05) is 7.05 Å². The SMILES string of the molecule is CCSc1c(C=O)c(C(F)(F)F)nn1C. The van der Waals surface area contributed by atoms with Crippen LogP contribution in [0.4, 0.5) is 13.2 Å². The zero-order chi connectivity index (χ0) is 11.6. The van der Waals surface area contributed by atoms with Gasteiger partial charge in [-0.15, -0.1) is 11.8 Å². The molecule has 0 aromatic carbocycles. The van der Waals surface area contributed by atoms with Crippen molar-refractivity contribution in [2.24, 2.45) is 7.05 Å². The molecule has 0 saturated heterocycles. The van der Waals surface area contributed by atoms with Crippen molar-refractivity contribution in [1.29, 1.82) is 0 Å². The lowest BCUT2D eigenvalue weighted by Gasteiger charge is -2.02. The number of thioether (sulfide) groups is 1. The number of alkyl halides is 3. The largest absolute Gasteiger partial charge is 0.435 e. The van der Waals surface area contributed by atoms with Crippen molar-refractivity contribution in [2.75, 3.05) is 5.75 Å². The van der Waals surface area contributed by atoms with E-state index in [0.717, 1.165) is 16.4 Å². The zero-order valence-electron chi connectivity index (χ0n) is 8.13. The van der Waals surface area contributed by atoms with Crippen LogP contribution in [0.15, 0.2) is 5.03 Å². The predicted molar refractivity (Wildman–Crippen MR) is 50.0 cm³/mol. The molecule has 1 rings (SSSR count). The Hall–Kier alpha value is -0.980. The van der Waals surface area contributed by atoms with E-state index in [0.29, 0.717) is 5.75 Å². The number of aromatic nitrogens is 2. The Morgan fingerprint density at radius 2 is 2.13 bits per heavy atom. The van der Waals surface area contributed by atoms with Crippen LogP contribution in [0.5, 0.6) is 0 Å². The summed E-state index contributed by atoms with van der Waals surface area (Å²) in [5.41, 5.74) is -1.49. The summed E-state index contributed by atoms with van der Waals surface area (Å²) in [5, 5.41) is 3.56. The summed E-state index contributed by atoms with van der Waals surface area (Å²) in [6, 6.07) is 0. The van der Waals surface area contributed by atoms with E-state index in [9.17, 15) is 18.0 Å². The fourth-order valence-electron chi connectivity index (χ4n) is 1.15. The minimum atomic E-state index is -4.58. The molecule has 0 atom stereocenters. The van der Waals surface area contributed by atoms with Crippen LogP contribution < -0.4 is 0 Å². The molecule has 1 aromatic heterocycles. The summed E-state index contributed by atoms with van der Waals surface area (Å²) >= 11 is 1.16. The summed E-state index contributed by atoms with van der Waals surface area (Å²) in [6.45, 7) is 1.79. The third kappa shape index (κ3) is 2.34. The molecule has 1 aromatic rings. The van der Waals surface area contributed by atoms with Crippen molar-refractivity contribution in [1.82, 2.24) is 9.78 Å². The third-order valence-electron chi connectivity index (χ3n) is 1.70. The van der Waals surface area contributed by atoms with Gasteiger partial charge in [0.25, 0.3) is 0 Å². The first kappa shape index (κ1) is 12.1. The molecule has 0 unspecified atom stereocenters. The number of carbonyl (C=O) groups is 1. The number of hydrogen-bond donors (Lipinski definition) is 0. The van der Waals surface area contributed by atoms with Crippen molar-refractivity contribution in [2.45, 2.75) is 18.1 Å². The highest BCUT2D eigenvalue weighted by atomic mass is 32.2. The van der Waals surface area contributed by atoms with E-state index >= 15 is 0 Å². The number of aryl methyl sites for hydroxylation is 1. The predicted octanol–water partition coefficient (Wildman–Crippen LogP) is 2.36. The second-order valence-electron chi connectivity index (χ2n) is 2.74. The Kier molecular flexibility index (Phi) is 3.43. The van der Waals surface area contributed by atoms with Gasteiger partial charge in [0.1, 0.15) is 5.03 Å². The smallest absolute Gasteiger partial charge is 0.298 e. The van der Waals surface area contributed by atoms with Crippen molar-refractivity contribution < 1.29 is 18.0 Å². The quantitative estimate of drug-likeness (QED) is 0.599. The van der Waals surface area contributed by atoms with Crippen LogP contribution in [-0.4, -0.2) is 21.8 Å². The monoisotopic (exact) mass is 238 g/mol. The molecular weight excluding hydrogens is 229 g/mol. The summed E-state index contributed by atoms with van der Waals surface area (Å²) in [5.74, 6) is 0.581. The van der Waals surface area contributed by atoms with Gasteiger partial charge in [0.05, 0.1) is 5.56 Å². The van der Waals surface area contributed by atoms with E-state index in [2.05, 4.69) is 5.10 Å². The molecule has 0 bridgehead atoms. The zero-order valence-corrected chi connectivity index (χ0v) is 8.95. The first-order valence-electron chi connectivity index (χ1n) is 4.14. The molecule has 7 heteroatoms. The molecule has 0 aliphatic heterocycles. The van der Waals surface area contributed by atoms with Crippen LogP contribution >= 0.6 is 11.8 Å². The number of rotatable bonds is 3. The van der Waals surface area contributed by atoms with Crippen molar-refractivity contribution in [3.05, 3.63) is 11.3 Å². The average molecular weight is 238 g/mol. The number of aldehydes is 1. The Balaban J connectivity index is 3.31. The maximum absolute atomic E-state index is 12.4. The molecule has 0 aliphatic rings. The maximum atomic E-state index is 12.4.